The van der Waals surface area contributed by atoms with Gasteiger partial charge in [0.25, 0.3) is 0 Å². The SMILES string of the molecule is NC1(C#Cc2c[nH]c3ncc(F)cc23)CC1. The minimum absolute atomic E-state index is 0.315. The highest BCUT2D eigenvalue weighted by molar-refractivity contribution is 5.83. The van der Waals surface area contributed by atoms with Gasteiger partial charge in [-0.15, -0.1) is 0 Å². The average Bonchev–Trinajstić information content (AvgIpc) is 2.87. The smallest absolute Gasteiger partial charge is 0.142 e. The number of hydrogen-bond acceptors (Lipinski definition) is 2. The molecule has 3 nitrogen and oxygen atoms in total. The molecule has 0 aliphatic heterocycles. The first-order chi connectivity index (χ1) is 7.66. The number of hydrogen-bond donors (Lipinski definition) is 2. The molecule has 4 heteroatoms. The van der Waals surface area contributed by atoms with E-state index in [0.717, 1.165) is 18.4 Å². The number of halogens is 1. The first-order valence-corrected chi connectivity index (χ1v) is 5.11. The lowest BCUT2D eigenvalue weighted by Crippen LogP contribution is -2.18. The Balaban J connectivity index is 2.09. The number of rotatable bonds is 0. The lowest BCUT2D eigenvalue weighted by Gasteiger charge is -1.93. The zero-order chi connectivity index (χ0) is 11.2. The second-order valence-electron chi connectivity index (χ2n) is 4.16. The Labute approximate surface area is 91.9 Å². The fourth-order valence-corrected chi connectivity index (χ4v) is 1.53. The van der Waals surface area contributed by atoms with Crippen LogP contribution in [0.5, 0.6) is 0 Å². The number of nitrogens with two attached hydrogens (primary N) is 1. The summed E-state index contributed by atoms with van der Waals surface area (Å²) < 4.78 is 13.0. The van der Waals surface area contributed by atoms with Gasteiger partial charge in [-0.25, -0.2) is 9.37 Å². The molecule has 0 bridgehead atoms. The largest absolute Gasteiger partial charge is 0.345 e. The van der Waals surface area contributed by atoms with E-state index in [1.807, 2.05) is 0 Å². The van der Waals surface area contributed by atoms with Crippen molar-refractivity contribution >= 4 is 11.0 Å². The van der Waals surface area contributed by atoms with Gasteiger partial charge < -0.3 is 10.7 Å². The zero-order valence-electron chi connectivity index (χ0n) is 8.55. The van der Waals surface area contributed by atoms with Crippen molar-refractivity contribution in [3.05, 3.63) is 29.8 Å². The number of aromatic nitrogens is 2. The summed E-state index contributed by atoms with van der Waals surface area (Å²) in [6.45, 7) is 0. The van der Waals surface area contributed by atoms with Crippen molar-refractivity contribution < 1.29 is 4.39 Å². The van der Waals surface area contributed by atoms with Crippen molar-refractivity contribution in [2.45, 2.75) is 18.4 Å². The number of fused-ring (bicyclic) bond motifs is 1. The van der Waals surface area contributed by atoms with Gasteiger partial charge in [0.1, 0.15) is 11.5 Å². The van der Waals surface area contributed by atoms with Crippen LogP contribution in [-0.2, 0) is 0 Å². The lowest BCUT2D eigenvalue weighted by atomic mass is 10.2. The van der Waals surface area contributed by atoms with Gasteiger partial charge in [0.15, 0.2) is 0 Å². The molecule has 3 N–H and O–H groups in total. The third kappa shape index (κ3) is 1.55. The van der Waals surface area contributed by atoms with Crippen molar-refractivity contribution in [3.8, 4) is 11.8 Å². The van der Waals surface area contributed by atoms with Gasteiger partial charge in [-0.1, -0.05) is 11.8 Å². The summed E-state index contributed by atoms with van der Waals surface area (Å²) in [6.07, 6.45) is 4.79. The molecule has 1 aliphatic rings. The molecule has 0 saturated heterocycles. The fourth-order valence-electron chi connectivity index (χ4n) is 1.53. The molecular formula is C12H10FN3. The van der Waals surface area contributed by atoms with Crippen LogP contribution in [-0.4, -0.2) is 15.5 Å². The van der Waals surface area contributed by atoms with Crippen LogP contribution in [0.15, 0.2) is 18.5 Å². The van der Waals surface area contributed by atoms with Gasteiger partial charge in [0, 0.05) is 11.6 Å². The quantitative estimate of drug-likeness (QED) is 0.655. The van der Waals surface area contributed by atoms with E-state index in [0.29, 0.717) is 11.0 Å². The zero-order valence-corrected chi connectivity index (χ0v) is 8.55. The molecule has 0 atom stereocenters. The van der Waals surface area contributed by atoms with Gasteiger partial charge in [-0.3, -0.25) is 0 Å². The maximum Gasteiger partial charge on any atom is 0.142 e. The summed E-state index contributed by atoms with van der Waals surface area (Å²) in [6, 6.07) is 1.43. The van der Waals surface area contributed by atoms with Gasteiger partial charge in [0.2, 0.25) is 0 Å². The molecule has 16 heavy (non-hydrogen) atoms. The van der Waals surface area contributed by atoms with E-state index in [-0.39, 0.29) is 11.4 Å². The molecule has 2 aromatic rings. The number of nitrogens with zero attached hydrogens (tertiary/aromatic N) is 1. The molecule has 0 spiro atoms. The lowest BCUT2D eigenvalue weighted by molar-refractivity contribution is 0.624. The highest BCUT2D eigenvalue weighted by Crippen LogP contribution is 2.31. The van der Waals surface area contributed by atoms with Gasteiger partial charge in [-0.05, 0) is 18.9 Å². The van der Waals surface area contributed by atoms with Crippen molar-refractivity contribution in [3.63, 3.8) is 0 Å². The van der Waals surface area contributed by atoms with Crippen LogP contribution in [0, 0.1) is 17.7 Å². The first-order valence-electron chi connectivity index (χ1n) is 5.11. The molecule has 0 radical (unpaired) electrons. The molecular weight excluding hydrogens is 205 g/mol. The summed E-state index contributed by atoms with van der Waals surface area (Å²) in [5.41, 5.74) is 6.94. The highest BCUT2D eigenvalue weighted by atomic mass is 19.1. The second kappa shape index (κ2) is 3.06. The summed E-state index contributed by atoms with van der Waals surface area (Å²) in [5.74, 6) is 5.63. The Bertz CT molecular complexity index is 614. The van der Waals surface area contributed by atoms with E-state index < -0.39 is 0 Å². The monoisotopic (exact) mass is 215 g/mol. The summed E-state index contributed by atoms with van der Waals surface area (Å²) in [7, 11) is 0. The molecule has 1 fully saturated rings. The number of nitrogens with one attached hydrogen (secondary N) is 1. The van der Waals surface area contributed by atoms with Crippen molar-refractivity contribution in [1.29, 1.82) is 0 Å². The van der Waals surface area contributed by atoms with E-state index in [1.165, 1.54) is 12.3 Å². The molecule has 0 unspecified atom stereocenters. The Morgan fingerprint density at radius 3 is 3.06 bits per heavy atom. The number of aromatic amines is 1. The minimum atomic E-state index is -0.357. The van der Waals surface area contributed by atoms with Gasteiger partial charge in [0.05, 0.1) is 17.3 Å². The minimum Gasteiger partial charge on any atom is -0.345 e. The Hall–Kier alpha value is -1.86. The predicted molar refractivity (Wildman–Crippen MR) is 59.1 cm³/mol. The summed E-state index contributed by atoms with van der Waals surface area (Å²) in [4.78, 5) is 6.88. The molecule has 1 saturated carbocycles. The number of pyridine rings is 1. The molecule has 2 heterocycles. The molecule has 1 aliphatic carbocycles. The van der Waals surface area contributed by atoms with E-state index in [1.54, 1.807) is 6.20 Å². The number of H-pyrrole nitrogens is 1. The highest BCUT2D eigenvalue weighted by Gasteiger charge is 2.36. The molecule has 3 rings (SSSR count). The molecule has 80 valence electrons. The summed E-state index contributed by atoms with van der Waals surface area (Å²) >= 11 is 0. The van der Waals surface area contributed by atoms with Crippen LogP contribution >= 0.6 is 0 Å². The van der Waals surface area contributed by atoms with E-state index in [4.69, 9.17) is 5.73 Å². The molecule has 0 amide bonds. The Morgan fingerprint density at radius 2 is 2.31 bits per heavy atom. The average molecular weight is 215 g/mol. The normalized spacial score (nSPS) is 16.9. The standard InChI is InChI=1S/C12H10FN3/c13-9-5-10-8(1-2-12(14)3-4-12)6-15-11(10)16-7-9/h5-7H,3-4,14H2,(H,15,16). The van der Waals surface area contributed by atoms with Crippen LogP contribution in [0.4, 0.5) is 4.39 Å². The third-order valence-corrected chi connectivity index (χ3v) is 2.73. The van der Waals surface area contributed by atoms with E-state index in [2.05, 4.69) is 21.8 Å². The van der Waals surface area contributed by atoms with Gasteiger partial charge in [-0.2, -0.15) is 0 Å². The molecule has 0 aromatic carbocycles. The summed E-state index contributed by atoms with van der Waals surface area (Å²) in [5, 5.41) is 0.705. The maximum atomic E-state index is 13.0. The van der Waals surface area contributed by atoms with Crippen LogP contribution < -0.4 is 5.73 Å². The second-order valence-corrected chi connectivity index (χ2v) is 4.16. The Kier molecular flexibility index (Phi) is 1.79. The van der Waals surface area contributed by atoms with Crippen molar-refractivity contribution in [2.24, 2.45) is 5.73 Å². The van der Waals surface area contributed by atoms with Gasteiger partial charge >= 0.3 is 0 Å². The van der Waals surface area contributed by atoms with Crippen molar-refractivity contribution in [2.75, 3.05) is 0 Å². The third-order valence-electron chi connectivity index (χ3n) is 2.73. The topological polar surface area (TPSA) is 54.7 Å². The first kappa shape index (κ1) is 9.37. The van der Waals surface area contributed by atoms with E-state index in [9.17, 15) is 4.39 Å². The Morgan fingerprint density at radius 1 is 1.50 bits per heavy atom. The maximum absolute atomic E-state index is 13.0. The van der Waals surface area contributed by atoms with E-state index >= 15 is 0 Å². The van der Waals surface area contributed by atoms with Crippen molar-refractivity contribution in [1.82, 2.24) is 9.97 Å². The van der Waals surface area contributed by atoms with Crippen LogP contribution in [0.25, 0.3) is 11.0 Å². The predicted octanol–water partition coefficient (Wildman–Crippen LogP) is 1.54. The molecule has 2 aromatic heterocycles. The van der Waals surface area contributed by atoms with Crippen LogP contribution in [0.3, 0.4) is 0 Å². The fraction of sp³-hybridized carbons (Fsp3) is 0.250. The van der Waals surface area contributed by atoms with Crippen LogP contribution in [0.2, 0.25) is 0 Å². The van der Waals surface area contributed by atoms with Crippen LogP contribution in [0.1, 0.15) is 18.4 Å².